The van der Waals surface area contributed by atoms with Gasteiger partial charge in [0.05, 0.1) is 30.9 Å². The van der Waals surface area contributed by atoms with Crippen LogP contribution in [0.15, 0.2) is 53.5 Å². The highest BCUT2D eigenvalue weighted by Crippen LogP contribution is 2.22. The van der Waals surface area contributed by atoms with Crippen LogP contribution < -0.4 is 11.0 Å². The monoisotopic (exact) mass is 591 g/mol. The summed E-state index contributed by atoms with van der Waals surface area (Å²) in [6.07, 6.45) is 7.72. The smallest absolute Gasteiger partial charge is 0.349 e. The minimum Gasteiger partial charge on any atom is -0.508 e. The lowest BCUT2D eigenvalue weighted by Gasteiger charge is -2.14. The van der Waals surface area contributed by atoms with E-state index in [4.69, 9.17) is 4.74 Å². The molecule has 5 N–H and O–H groups in total. The molecule has 3 aromatic rings. The van der Waals surface area contributed by atoms with E-state index in [9.17, 15) is 33.6 Å². The highest BCUT2D eigenvalue weighted by molar-refractivity contribution is 7.89. The predicted molar refractivity (Wildman–Crippen MR) is 156 cm³/mol. The van der Waals surface area contributed by atoms with Crippen molar-refractivity contribution < 1.29 is 33.6 Å². The fourth-order valence-corrected chi connectivity index (χ4v) is 5.14. The van der Waals surface area contributed by atoms with Crippen molar-refractivity contribution in [2.45, 2.75) is 57.7 Å². The number of aliphatic hydroxyl groups excluding tert-OH is 2. The third-order valence-electron chi connectivity index (χ3n) is 6.76. The minimum absolute atomic E-state index is 0.0204. The summed E-state index contributed by atoms with van der Waals surface area (Å²) in [5.74, 6) is -0.420. The number of unbranched alkanes of at least 4 members (excludes halogenated alkanes) is 4. The maximum atomic E-state index is 12.5. The number of rotatable bonds is 18. The normalized spacial score (nSPS) is 12.6. The molecule has 0 radical (unpaired) electrons. The number of benzene rings is 2. The van der Waals surface area contributed by atoms with Crippen molar-refractivity contribution >= 4 is 10.0 Å². The number of imidazole rings is 1. The van der Waals surface area contributed by atoms with E-state index in [2.05, 4.69) is 5.32 Å². The molecule has 226 valence electrons. The van der Waals surface area contributed by atoms with Gasteiger partial charge in [0, 0.05) is 25.3 Å². The number of aromatic hydroxyl groups is 2. The second kappa shape index (κ2) is 15.7. The van der Waals surface area contributed by atoms with Crippen LogP contribution in [0.25, 0.3) is 5.69 Å². The number of ether oxygens (including phenoxy) is 1. The van der Waals surface area contributed by atoms with Gasteiger partial charge in [0.1, 0.15) is 5.75 Å². The van der Waals surface area contributed by atoms with Crippen LogP contribution in [0, 0.1) is 0 Å². The van der Waals surface area contributed by atoms with E-state index in [1.807, 2.05) is 6.07 Å². The Hall–Kier alpha value is -3.16. The summed E-state index contributed by atoms with van der Waals surface area (Å²) in [4.78, 5) is 12.5. The number of hydrogen-bond donors (Lipinski definition) is 5. The Morgan fingerprint density at radius 3 is 2.41 bits per heavy atom. The molecular formula is C29H41N3O8S. The summed E-state index contributed by atoms with van der Waals surface area (Å²) in [5, 5.41) is 42.5. The minimum atomic E-state index is -3.82. The Bertz CT molecular complexity index is 1420. The Balaban J connectivity index is 1.24. The molecule has 0 amide bonds. The van der Waals surface area contributed by atoms with Crippen molar-refractivity contribution in [3.05, 3.63) is 75.8 Å². The van der Waals surface area contributed by atoms with Crippen molar-refractivity contribution in [2.24, 2.45) is 0 Å². The van der Waals surface area contributed by atoms with Gasteiger partial charge in [-0.05, 0) is 74.0 Å². The third-order valence-corrected chi connectivity index (χ3v) is 7.74. The molecule has 3 rings (SSSR count). The summed E-state index contributed by atoms with van der Waals surface area (Å²) < 4.78 is 30.7. The number of aryl methyl sites for hydroxylation is 1. The molecule has 1 aromatic heterocycles. The fourth-order valence-electron chi connectivity index (χ4n) is 4.48. The van der Waals surface area contributed by atoms with Gasteiger partial charge in [-0.15, -0.1) is 0 Å². The first kappa shape index (κ1) is 32.4. The maximum absolute atomic E-state index is 12.5. The van der Waals surface area contributed by atoms with Gasteiger partial charge >= 0.3 is 5.69 Å². The predicted octanol–water partition coefficient (Wildman–Crippen LogP) is 2.57. The Kier molecular flexibility index (Phi) is 12.4. The quantitative estimate of drug-likeness (QED) is 0.140. The molecule has 0 saturated carbocycles. The van der Waals surface area contributed by atoms with Crippen molar-refractivity contribution in [3.8, 4) is 17.3 Å². The number of phenols is 1. The lowest BCUT2D eigenvalue weighted by Crippen LogP contribution is -2.27. The van der Waals surface area contributed by atoms with Crippen LogP contribution >= 0.6 is 0 Å². The molecule has 0 bridgehead atoms. The zero-order chi connectivity index (χ0) is 29.8. The largest absolute Gasteiger partial charge is 0.508 e. The van der Waals surface area contributed by atoms with Crippen LogP contribution in [-0.2, 0) is 27.8 Å². The molecule has 41 heavy (non-hydrogen) atoms. The molecule has 0 unspecified atom stereocenters. The van der Waals surface area contributed by atoms with Gasteiger partial charge in [-0.1, -0.05) is 31.0 Å². The topological polar surface area (TPSA) is 163 Å². The molecule has 0 aliphatic heterocycles. The van der Waals surface area contributed by atoms with Gasteiger partial charge in [-0.25, -0.2) is 17.8 Å². The van der Waals surface area contributed by atoms with E-state index in [1.165, 1.54) is 6.07 Å². The SMILES string of the molecule is CS(=O)(=O)n1cc(O)n(-c2cccc(CCCCOCCCCCCNC[C@H](O)c3ccc(O)c(CO)c3)c2)c1=O. The maximum Gasteiger partial charge on any atom is 0.349 e. The van der Waals surface area contributed by atoms with E-state index in [-0.39, 0.29) is 12.4 Å². The van der Waals surface area contributed by atoms with Gasteiger partial charge in [0.2, 0.25) is 15.9 Å². The van der Waals surface area contributed by atoms with Gasteiger partial charge in [-0.3, -0.25) is 0 Å². The molecule has 2 aromatic carbocycles. The van der Waals surface area contributed by atoms with Crippen LogP contribution in [0.2, 0.25) is 0 Å². The van der Waals surface area contributed by atoms with E-state index >= 15 is 0 Å². The zero-order valence-corrected chi connectivity index (χ0v) is 24.2. The van der Waals surface area contributed by atoms with E-state index in [0.29, 0.717) is 40.5 Å². The first-order valence-electron chi connectivity index (χ1n) is 13.8. The average molecular weight is 592 g/mol. The lowest BCUT2D eigenvalue weighted by atomic mass is 10.1. The van der Waals surface area contributed by atoms with Crippen LogP contribution in [-0.4, -0.2) is 69.9 Å². The van der Waals surface area contributed by atoms with Crippen LogP contribution in [0.4, 0.5) is 0 Å². The summed E-state index contributed by atoms with van der Waals surface area (Å²) in [6.45, 7) is 2.28. The van der Waals surface area contributed by atoms with Crippen molar-refractivity contribution in [1.82, 2.24) is 13.9 Å². The molecule has 1 atom stereocenters. The van der Waals surface area contributed by atoms with Crippen molar-refractivity contribution in [2.75, 3.05) is 32.6 Å². The Morgan fingerprint density at radius 2 is 1.71 bits per heavy atom. The molecule has 0 aliphatic carbocycles. The molecule has 0 aliphatic rings. The van der Waals surface area contributed by atoms with Gasteiger partial charge in [0.25, 0.3) is 0 Å². The molecule has 11 nitrogen and oxygen atoms in total. The summed E-state index contributed by atoms with van der Waals surface area (Å²) in [7, 11) is -3.82. The summed E-state index contributed by atoms with van der Waals surface area (Å²) in [5.41, 5.74) is 1.60. The second-order valence-corrected chi connectivity index (χ2v) is 11.9. The zero-order valence-electron chi connectivity index (χ0n) is 23.4. The highest BCUT2D eigenvalue weighted by atomic mass is 32.2. The third kappa shape index (κ3) is 9.72. The molecule has 0 spiro atoms. The second-order valence-electron chi connectivity index (χ2n) is 10.1. The fraction of sp³-hybridized carbons (Fsp3) is 0.483. The molecule has 0 saturated heterocycles. The number of nitrogens with zero attached hydrogens (tertiary/aromatic N) is 2. The van der Waals surface area contributed by atoms with E-state index in [1.54, 1.807) is 30.3 Å². The van der Waals surface area contributed by atoms with E-state index in [0.717, 1.165) is 74.1 Å². The number of aliphatic hydroxyl groups is 2. The molecule has 1 heterocycles. The number of aromatic nitrogens is 2. The van der Waals surface area contributed by atoms with Gasteiger partial charge < -0.3 is 30.5 Å². The summed E-state index contributed by atoms with van der Waals surface area (Å²) >= 11 is 0. The first-order chi connectivity index (χ1) is 19.6. The van der Waals surface area contributed by atoms with Gasteiger partial charge in [-0.2, -0.15) is 3.97 Å². The highest BCUT2D eigenvalue weighted by Gasteiger charge is 2.18. The average Bonchev–Trinajstić information content (AvgIpc) is 3.25. The van der Waals surface area contributed by atoms with Crippen LogP contribution in [0.1, 0.15) is 61.3 Å². The molecule has 12 heteroatoms. The Labute approximate surface area is 240 Å². The molecular weight excluding hydrogens is 550 g/mol. The van der Waals surface area contributed by atoms with E-state index < -0.39 is 27.7 Å². The van der Waals surface area contributed by atoms with Crippen LogP contribution in [0.3, 0.4) is 0 Å². The van der Waals surface area contributed by atoms with Crippen molar-refractivity contribution in [3.63, 3.8) is 0 Å². The van der Waals surface area contributed by atoms with Crippen molar-refractivity contribution in [1.29, 1.82) is 0 Å². The number of nitrogens with one attached hydrogen (secondary N) is 1. The first-order valence-corrected chi connectivity index (χ1v) is 15.7. The Morgan fingerprint density at radius 1 is 0.976 bits per heavy atom. The number of hydrogen-bond acceptors (Lipinski definition) is 9. The standard InChI is InChI=1S/C29H41N3O8S/c1-41(38,39)31-20-28(36)32(29(31)37)25-11-8-10-22(17-25)9-4-7-16-40-15-6-3-2-5-14-30-19-27(35)23-12-13-26(34)24(18-23)21-33/h8,10-13,17-18,20,27,30,33-36H,2-7,9,14-16,19,21H2,1H3/t27-/m0/s1. The molecule has 0 fully saturated rings. The summed E-state index contributed by atoms with van der Waals surface area (Å²) in [6, 6.07) is 11.9. The lowest BCUT2D eigenvalue weighted by molar-refractivity contribution is 0.126. The van der Waals surface area contributed by atoms with Gasteiger partial charge in [0.15, 0.2) is 0 Å². The van der Waals surface area contributed by atoms with Crippen LogP contribution in [0.5, 0.6) is 11.6 Å².